The third kappa shape index (κ3) is 3.31. The van der Waals surface area contributed by atoms with Crippen molar-refractivity contribution in [2.45, 2.75) is 51.5 Å². The molecule has 5 nitrogen and oxygen atoms in total. The van der Waals surface area contributed by atoms with Crippen molar-refractivity contribution < 1.29 is 4.79 Å². The molecular weight excluding hydrogens is 332 g/mol. The van der Waals surface area contributed by atoms with Crippen LogP contribution < -0.4 is 5.32 Å². The summed E-state index contributed by atoms with van der Waals surface area (Å²) in [6.07, 6.45) is 9.19. The van der Waals surface area contributed by atoms with Crippen LogP contribution in [0.25, 0.3) is 5.65 Å². The highest BCUT2D eigenvalue weighted by atomic mass is 32.1. The first-order valence-corrected chi connectivity index (χ1v) is 9.76. The summed E-state index contributed by atoms with van der Waals surface area (Å²) in [5, 5.41) is 11.5. The summed E-state index contributed by atoms with van der Waals surface area (Å²) in [4.78, 5) is 14.9. The Morgan fingerprint density at radius 3 is 2.92 bits per heavy atom. The predicted molar refractivity (Wildman–Crippen MR) is 99.1 cm³/mol. The predicted octanol–water partition coefficient (Wildman–Crippen LogP) is 3.94. The molecule has 3 aromatic heterocycles. The maximum absolute atomic E-state index is 12.7. The molecule has 0 unspecified atom stereocenters. The van der Waals surface area contributed by atoms with Crippen molar-refractivity contribution in [3.63, 3.8) is 0 Å². The molecule has 4 rings (SSSR count). The average Bonchev–Trinajstić information content (AvgIpc) is 3.19. The third-order valence-electron chi connectivity index (χ3n) is 4.80. The number of hydrogen-bond acceptors (Lipinski definition) is 4. The van der Waals surface area contributed by atoms with Gasteiger partial charge in [-0.25, -0.2) is 0 Å². The number of nitrogens with zero attached hydrogens (tertiary/aromatic N) is 3. The Morgan fingerprint density at radius 2 is 2.04 bits per heavy atom. The van der Waals surface area contributed by atoms with Crippen LogP contribution in [0.2, 0.25) is 0 Å². The molecule has 0 fully saturated rings. The SMILES string of the molecule is C[C@H](NC(=O)c1cc2c(s1)CCCCCC2)c1nnc2ccccn12. The number of carbonyl (C=O) groups is 1. The molecule has 0 saturated carbocycles. The number of carbonyl (C=O) groups excluding carboxylic acids is 1. The van der Waals surface area contributed by atoms with E-state index in [9.17, 15) is 4.79 Å². The largest absolute Gasteiger partial charge is 0.342 e. The van der Waals surface area contributed by atoms with Crippen molar-refractivity contribution in [2.75, 3.05) is 0 Å². The Bertz CT molecular complexity index is 872. The highest BCUT2D eigenvalue weighted by Gasteiger charge is 2.20. The van der Waals surface area contributed by atoms with Gasteiger partial charge in [0.25, 0.3) is 5.91 Å². The van der Waals surface area contributed by atoms with Gasteiger partial charge in [-0.3, -0.25) is 9.20 Å². The van der Waals surface area contributed by atoms with E-state index < -0.39 is 0 Å². The van der Waals surface area contributed by atoms with Crippen molar-refractivity contribution in [2.24, 2.45) is 0 Å². The molecule has 1 atom stereocenters. The molecule has 1 N–H and O–H groups in total. The van der Waals surface area contributed by atoms with Crippen LogP contribution in [0.15, 0.2) is 30.5 Å². The number of pyridine rings is 1. The zero-order valence-corrected chi connectivity index (χ0v) is 15.2. The van der Waals surface area contributed by atoms with Gasteiger partial charge in [-0.15, -0.1) is 21.5 Å². The molecule has 1 amide bonds. The number of aryl methyl sites for hydroxylation is 2. The van der Waals surface area contributed by atoms with Crippen LogP contribution >= 0.6 is 11.3 Å². The second-order valence-electron chi connectivity index (χ2n) is 6.66. The van der Waals surface area contributed by atoms with Crippen molar-refractivity contribution in [1.82, 2.24) is 19.9 Å². The minimum atomic E-state index is -0.199. The normalized spacial score (nSPS) is 16.0. The molecular formula is C19H22N4OS. The Labute approximate surface area is 151 Å². The van der Waals surface area contributed by atoms with Crippen LogP contribution in [-0.4, -0.2) is 20.5 Å². The van der Waals surface area contributed by atoms with E-state index in [4.69, 9.17) is 0 Å². The molecule has 6 heteroatoms. The first kappa shape index (κ1) is 16.3. The molecule has 0 aliphatic heterocycles. The van der Waals surface area contributed by atoms with Gasteiger partial charge in [-0.2, -0.15) is 0 Å². The minimum Gasteiger partial charge on any atom is -0.342 e. The monoisotopic (exact) mass is 354 g/mol. The molecule has 1 aliphatic rings. The fourth-order valence-corrected chi connectivity index (χ4v) is 4.60. The van der Waals surface area contributed by atoms with Crippen LogP contribution in [-0.2, 0) is 12.8 Å². The number of amides is 1. The number of thiophene rings is 1. The molecule has 0 saturated heterocycles. The Hall–Kier alpha value is -2.21. The highest BCUT2D eigenvalue weighted by Crippen LogP contribution is 2.28. The van der Waals surface area contributed by atoms with Gasteiger partial charge in [0, 0.05) is 11.1 Å². The molecule has 3 heterocycles. The summed E-state index contributed by atoms with van der Waals surface area (Å²) >= 11 is 1.65. The van der Waals surface area contributed by atoms with Crippen molar-refractivity contribution in [1.29, 1.82) is 0 Å². The number of fused-ring (bicyclic) bond motifs is 2. The summed E-state index contributed by atoms with van der Waals surface area (Å²) in [6, 6.07) is 7.67. The fourth-order valence-electron chi connectivity index (χ4n) is 3.44. The van der Waals surface area contributed by atoms with Crippen molar-refractivity contribution >= 4 is 22.9 Å². The lowest BCUT2D eigenvalue weighted by molar-refractivity contribution is 0.0942. The molecule has 0 bridgehead atoms. The van der Waals surface area contributed by atoms with Gasteiger partial charge in [0.05, 0.1) is 10.9 Å². The maximum Gasteiger partial charge on any atom is 0.261 e. The summed E-state index contributed by atoms with van der Waals surface area (Å²) in [5.41, 5.74) is 2.16. The first-order chi connectivity index (χ1) is 12.2. The summed E-state index contributed by atoms with van der Waals surface area (Å²) in [5.74, 6) is 0.732. The van der Waals surface area contributed by atoms with Gasteiger partial charge < -0.3 is 5.32 Å². The minimum absolute atomic E-state index is 0.0167. The topological polar surface area (TPSA) is 59.3 Å². The number of aromatic nitrogens is 3. The molecule has 0 radical (unpaired) electrons. The molecule has 3 aromatic rings. The van der Waals surface area contributed by atoms with E-state index in [0.29, 0.717) is 0 Å². The van der Waals surface area contributed by atoms with Gasteiger partial charge in [0.2, 0.25) is 0 Å². The van der Waals surface area contributed by atoms with E-state index in [1.54, 1.807) is 11.3 Å². The van der Waals surface area contributed by atoms with Gasteiger partial charge in [0.1, 0.15) is 0 Å². The van der Waals surface area contributed by atoms with Crippen LogP contribution in [0.4, 0.5) is 0 Å². The van der Waals surface area contributed by atoms with Crippen LogP contribution in [0.5, 0.6) is 0 Å². The van der Waals surface area contributed by atoms with Crippen molar-refractivity contribution in [3.05, 3.63) is 51.6 Å². The standard InChI is InChI=1S/C19H22N4OS/c1-13(18-22-21-17-10-6-7-11-23(17)18)20-19(24)16-12-14-8-4-2-3-5-9-15(14)25-16/h6-7,10-13H,2-5,8-9H2,1H3,(H,20,24)/t13-/m0/s1. The van der Waals surface area contributed by atoms with Crippen LogP contribution in [0, 0.1) is 0 Å². The zero-order chi connectivity index (χ0) is 17.2. The number of nitrogens with one attached hydrogen (secondary N) is 1. The van der Waals surface area contributed by atoms with Crippen LogP contribution in [0.1, 0.15) is 64.6 Å². The van der Waals surface area contributed by atoms with E-state index >= 15 is 0 Å². The summed E-state index contributed by atoms with van der Waals surface area (Å²) < 4.78 is 1.92. The van der Waals surface area contributed by atoms with E-state index in [0.717, 1.165) is 29.2 Å². The molecule has 0 aromatic carbocycles. The lowest BCUT2D eigenvalue weighted by Crippen LogP contribution is -2.27. The van der Waals surface area contributed by atoms with E-state index in [1.165, 1.54) is 36.1 Å². The van der Waals surface area contributed by atoms with E-state index in [1.807, 2.05) is 35.7 Å². The Kier molecular flexibility index (Phi) is 4.53. The zero-order valence-electron chi connectivity index (χ0n) is 14.4. The van der Waals surface area contributed by atoms with Crippen LogP contribution in [0.3, 0.4) is 0 Å². The van der Waals surface area contributed by atoms with E-state index in [2.05, 4.69) is 21.6 Å². The van der Waals surface area contributed by atoms with E-state index in [-0.39, 0.29) is 11.9 Å². The van der Waals surface area contributed by atoms with Gasteiger partial charge in [-0.1, -0.05) is 18.9 Å². The molecule has 1 aliphatic carbocycles. The van der Waals surface area contributed by atoms with Crippen molar-refractivity contribution in [3.8, 4) is 0 Å². The smallest absolute Gasteiger partial charge is 0.261 e. The molecule has 130 valence electrons. The van der Waals surface area contributed by atoms with Gasteiger partial charge in [-0.05, 0) is 56.4 Å². The van der Waals surface area contributed by atoms with Gasteiger partial charge >= 0.3 is 0 Å². The third-order valence-corrected chi connectivity index (χ3v) is 6.03. The second-order valence-corrected chi connectivity index (χ2v) is 7.79. The number of hydrogen-bond donors (Lipinski definition) is 1. The maximum atomic E-state index is 12.7. The molecule has 0 spiro atoms. The first-order valence-electron chi connectivity index (χ1n) is 8.94. The fraction of sp³-hybridized carbons (Fsp3) is 0.421. The average molecular weight is 354 g/mol. The molecule has 25 heavy (non-hydrogen) atoms. The Morgan fingerprint density at radius 1 is 1.20 bits per heavy atom. The lowest BCUT2D eigenvalue weighted by atomic mass is 10.00. The quantitative estimate of drug-likeness (QED) is 0.775. The number of rotatable bonds is 3. The lowest BCUT2D eigenvalue weighted by Gasteiger charge is -2.11. The summed E-state index contributed by atoms with van der Waals surface area (Å²) in [7, 11) is 0. The summed E-state index contributed by atoms with van der Waals surface area (Å²) in [6.45, 7) is 1.95. The highest BCUT2D eigenvalue weighted by molar-refractivity contribution is 7.14. The van der Waals surface area contributed by atoms with Gasteiger partial charge in [0.15, 0.2) is 11.5 Å². The second kappa shape index (κ2) is 6.96. The Balaban J connectivity index is 1.52.